The van der Waals surface area contributed by atoms with Crippen molar-refractivity contribution >= 4 is 11.7 Å². The highest BCUT2D eigenvalue weighted by atomic mass is 16.2. The maximum absolute atomic E-state index is 12.4. The van der Waals surface area contributed by atoms with Gasteiger partial charge >= 0.3 is 0 Å². The lowest BCUT2D eigenvalue weighted by atomic mass is 10.2. The van der Waals surface area contributed by atoms with Crippen LogP contribution in [0.5, 0.6) is 0 Å². The summed E-state index contributed by atoms with van der Waals surface area (Å²) in [6.45, 7) is 7.47. The van der Waals surface area contributed by atoms with Gasteiger partial charge in [-0.25, -0.2) is 0 Å². The average molecular weight is 277 g/mol. The molecular formula is C14H23N5O. The van der Waals surface area contributed by atoms with Crippen molar-refractivity contribution < 1.29 is 4.79 Å². The van der Waals surface area contributed by atoms with Crippen molar-refractivity contribution in [1.82, 2.24) is 20.0 Å². The van der Waals surface area contributed by atoms with E-state index < -0.39 is 0 Å². The molecule has 6 heteroatoms. The molecule has 1 fully saturated rings. The molecule has 1 N–H and O–H groups in total. The second-order valence-corrected chi connectivity index (χ2v) is 5.31. The molecule has 1 aliphatic heterocycles. The number of hydrogen-bond donors (Lipinski definition) is 1. The predicted molar refractivity (Wildman–Crippen MR) is 78.8 cm³/mol. The molecule has 6 nitrogen and oxygen atoms in total. The van der Waals surface area contributed by atoms with Crippen molar-refractivity contribution in [1.29, 1.82) is 0 Å². The Morgan fingerprint density at radius 2 is 2.20 bits per heavy atom. The smallest absolute Gasteiger partial charge is 0.274 e. The molecule has 1 amide bonds. The van der Waals surface area contributed by atoms with Crippen LogP contribution in [0.3, 0.4) is 0 Å². The number of carbonyl (C=O) groups is 1. The number of likely N-dealkylation sites (N-methyl/N-ethyl adjacent to an activating group) is 1. The summed E-state index contributed by atoms with van der Waals surface area (Å²) in [6.07, 6.45) is 1.03. The highest BCUT2D eigenvalue weighted by Crippen LogP contribution is 2.11. The highest BCUT2D eigenvalue weighted by Gasteiger charge is 2.25. The quantitative estimate of drug-likeness (QED) is 0.892. The van der Waals surface area contributed by atoms with Crippen molar-refractivity contribution in [3.05, 3.63) is 17.8 Å². The van der Waals surface area contributed by atoms with E-state index in [0.29, 0.717) is 11.7 Å². The Hall–Kier alpha value is -1.69. The van der Waals surface area contributed by atoms with Crippen LogP contribution in [0, 0.1) is 0 Å². The third kappa shape index (κ3) is 3.45. The molecule has 2 rings (SSSR count). The lowest BCUT2D eigenvalue weighted by Crippen LogP contribution is -2.52. The first-order valence-corrected chi connectivity index (χ1v) is 7.19. The minimum atomic E-state index is -0.0282. The van der Waals surface area contributed by atoms with E-state index in [1.165, 1.54) is 0 Å². The molecule has 1 saturated heterocycles. The van der Waals surface area contributed by atoms with Gasteiger partial charge in [-0.05, 0) is 32.5 Å². The fourth-order valence-corrected chi connectivity index (χ4v) is 2.19. The number of rotatable bonds is 4. The number of carbonyl (C=O) groups excluding carboxylic acids is 1. The Bertz CT molecular complexity index is 447. The van der Waals surface area contributed by atoms with Gasteiger partial charge in [0.05, 0.1) is 0 Å². The van der Waals surface area contributed by atoms with Gasteiger partial charge < -0.3 is 15.1 Å². The summed E-state index contributed by atoms with van der Waals surface area (Å²) in [5.41, 5.74) is 0.420. The average Bonchev–Trinajstić information content (AvgIpc) is 2.48. The van der Waals surface area contributed by atoms with E-state index >= 15 is 0 Å². The van der Waals surface area contributed by atoms with E-state index in [1.807, 2.05) is 11.0 Å². The van der Waals surface area contributed by atoms with Crippen LogP contribution >= 0.6 is 0 Å². The molecule has 0 aliphatic carbocycles. The maximum atomic E-state index is 12.4. The molecule has 1 aliphatic rings. The second kappa shape index (κ2) is 6.65. The Morgan fingerprint density at radius 3 is 2.80 bits per heavy atom. The number of aromatic nitrogens is 2. The SMILES string of the molecule is CCCNc1ccc(C(=O)N2CCN(C)C(C)C2)nn1. The Kier molecular flexibility index (Phi) is 4.89. The molecule has 1 aromatic rings. The minimum Gasteiger partial charge on any atom is -0.369 e. The fraction of sp³-hybridized carbons (Fsp3) is 0.643. The predicted octanol–water partition coefficient (Wildman–Crippen LogP) is 1.07. The summed E-state index contributed by atoms with van der Waals surface area (Å²) in [6, 6.07) is 3.94. The molecule has 2 heterocycles. The van der Waals surface area contributed by atoms with E-state index in [1.54, 1.807) is 6.07 Å². The third-order valence-electron chi connectivity index (χ3n) is 3.69. The molecule has 0 radical (unpaired) electrons. The van der Waals surface area contributed by atoms with Crippen LogP contribution in [0.1, 0.15) is 30.8 Å². The minimum absolute atomic E-state index is 0.0282. The Labute approximate surface area is 120 Å². The van der Waals surface area contributed by atoms with Gasteiger partial charge in [0.25, 0.3) is 5.91 Å². The van der Waals surface area contributed by atoms with Crippen molar-refractivity contribution in [2.75, 3.05) is 38.5 Å². The van der Waals surface area contributed by atoms with Gasteiger partial charge in [-0.3, -0.25) is 4.79 Å². The molecule has 1 atom stereocenters. The summed E-state index contributed by atoms with van der Waals surface area (Å²) in [5, 5.41) is 11.2. The Balaban J connectivity index is 1.98. The van der Waals surface area contributed by atoms with Gasteiger partial charge in [-0.2, -0.15) is 0 Å². The molecule has 1 unspecified atom stereocenters. The normalized spacial score (nSPS) is 19.9. The number of nitrogens with one attached hydrogen (secondary N) is 1. The monoisotopic (exact) mass is 277 g/mol. The van der Waals surface area contributed by atoms with Gasteiger partial charge in [-0.1, -0.05) is 6.92 Å². The molecule has 1 aromatic heterocycles. The molecule has 110 valence electrons. The van der Waals surface area contributed by atoms with E-state index in [-0.39, 0.29) is 5.91 Å². The number of nitrogens with zero attached hydrogens (tertiary/aromatic N) is 4. The first-order chi connectivity index (χ1) is 9.61. The summed E-state index contributed by atoms with van der Waals surface area (Å²) in [5.74, 6) is 0.689. The maximum Gasteiger partial charge on any atom is 0.274 e. The fourth-order valence-electron chi connectivity index (χ4n) is 2.19. The summed E-state index contributed by atoms with van der Waals surface area (Å²) in [4.78, 5) is 16.5. The summed E-state index contributed by atoms with van der Waals surface area (Å²) in [7, 11) is 2.08. The van der Waals surface area contributed by atoms with E-state index in [2.05, 4.69) is 41.3 Å². The molecule has 20 heavy (non-hydrogen) atoms. The van der Waals surface area contributed by atoms with Gasteiger partial charge in [-0.15, -0.1) is 10.2 Å². The topological polar surface area (TPSA) is 61.4 Å². The highest BCUT2D eigenvalue weighted by molar-refractivity contribution is 5.92. The molecular weight excluding hydrogens is 254 g/mol. The van der Waals surface area contributed by atoms with Crippen LogP contribution < -0.4 is 5.32 Å². The van der Waals surface area contributed by atoms with Gasteiger partial charge in [0, 0.05) is 32.2 Å². The molecule has 0 aromatic carbocycles. The van der Waals surface area contributed by atoms with Crippen molar-refractivity contribution in [2.45, 2.75) is 26.3 Å². The van der Waals surface area contributed by atoms with E-state index in [9.17, 15) is 4.79 Å². The van der Waals surface area contributed by atoms with Crippen LogP contribution in [-0.4, -0.2) is 65.2 Å². The molecule has 0 saturated carbocycles. The van der Waals surface area contributed by atoms with Crippen LogP contribution in [0.4, 0.5) is 5.82 Å². The van der Waals surface area contributed by atoms with Crippen molar-refractivity contribution in [3.63, 3.8) is 0 Å². The lowest BCUT2D eigenvalue weighted by Gasteiger charge is -2.37. The zero-order valence-electron chi connectivity index (χ0n) is 12.5. The van der Waals surface area contributed by atoms with Crippen LogP contribution in [-0.2, 0) is 0 Å². The van der Waals surface area contributed by atoms with Crippen molar-refractivity contribution in [3.8, 4) is 0 Å². The first-order valence-electron chi connectivity index (χ1n) is 7.19. The number of piperazine rings is 1. The number of amides is 1. The van der Waals surface area contributed by atoms with E-state index in [0.717, 1.165) is 38.4 Å². The molecule has 0 spiro atoms. The largest absolute Gasteiger partial charge is 0.369 e. The molecule has 0 bridgehead atoms. The number of hydrogen-bond acceptors (Lipinski definition) is 5. The Morgan fingerprint density at radius 1 is 1.40 bits per heavy atom. The summed E-state index contributed by atoms with van der Waals surface area (Å²) >= 11 is 0. The van der Waals surface area contributed by atoms with Crippen LogP contribution in [0.2, 0.25) is 0 Å². The first kappa shape index (κ1) is 14.7. The number of anilines is 1. The van der Waals surface area contributed by atoms with E-state index in [4.69, 9.17) is 0 Å². The van der Waals surface area contributed by atoms with Crippen LogP contribution in [0.15, 0.2) is 12.1 Å². The van der Waals surface area contributed by atoms with Gasteiger partial charge in [0.1, 0.15) is 5.82 Å². The van der Waals surface area contributed by atoms with Gasteiger partial charge in [0.15, 0.2) is 5.69 Å². The lowest BCUT2D eigenvalue weighted by molar-refractivity contribution is 0.0566. The van der Waals surface area contributed by atoms with Gasteiger partial charge in [0.2, 0.25) is 0 Å². The standard InChI is InChI=1S/C14H23N5O/c1-4-7-15-13-6-5-12(16-17-13)14(20)19-9-8-18(3)11(2)10-19/h5-6,11H,4,7-10H2,1-3H3,(H,15,17). The summed E-state index contributed by atoms with van der Waals surface area (Å²) < 4.78 is 0. The zero-order valence-corrected chi connectivity index (χ0v) is 12.5. The zero-order chi connectivity index (χ0) is 14.5. The van der Waals surface area contributed by atoms with Crippen LogP contribution in [0.25, 0.3) is 0 Å². The second-order valence-electron chi connectivity index (χ2n) is 5.31. The van der Waals surface area contributed by atoms with Crippen molar-refractivity contribution in [2.24, 2.45) is 0 Å². The third-order valence-corrected chi connectivity index (χ3v) is 3.69.